The molecule has 1 aromatic rings. The molecule has 1 saturated heterocycles. The Bertz CT molecular complexity index is 492. The Balaban J connectivity index is 1.74. The van der Waals surface area contributed by atoms with Crippen LogP contribution in [-0.2, 0) is 9.59 Å². The molecule has 6 nitrogen and oxygen atoms in total. The molecule has 7 heteroatoms. The number of rotatable bonds is 2. The third kappa shape index (κ3) is 3.92. The van der Waals surface area contributed by atoms with Crippen molar-refractivity contribution in [1.82, 2.24) is 16.2 Å². The van der Waals surface area contributed by atoms with Crippen LogP contribution in [0.5, 0.6) is 0 Å². The van der Waals surface area contributed by atoms with Crippen LogP contribution in [0.4, 0.5) is 5.69 Å². The standard InChI is InChI=1S/C12H14N4O2S/c17-10-7-6-9(14-10)11(18)15-16-12(19)13-8-4-2-1-3-5-8/h1-5,9H,6-7H2,(H,14,17)(H,15,18)(H2,13,16,19). The molecule has 100 valence electrons. The number of nitrogens with one attached hydrogen (secondary N) is 4. The molecule has 1 fully saturated rings. The van der Waals surface area contributed by atoms with E-state index < -0.39 is 6.04 Å². The fraction of sp³-hybridized carbons (Fsp3) is 0.250. The van der Waals surface area contributed by atoms with Crippen molar-refractivity contribution in [1.29, 1.82) is 0 Å². The fourth-order valence-corrected chi connectivity index (χ4v) is 1.87. The van der Waals surface area contributed by atoms with Crippen molar-refractivity contribution in [2.75, 3.05) is 5.32 Å². The molecule has 1 aromatic carbocycles. The highest BCUT2D eigenvalue weighted by Gasteiger charge is 2.26. The van der Waals surface area contributed by atoms with Gasteiger partial charge in [-0.2, -0.15) is 0 Å². The Morgan fingerprint density at radius 2 is 2.00 bits per heavy atom. The Kier molecular flexibility index (Phi) is 4.30. The van der Waals surface area contributed by atoms with Gasteiger partial charge in [0.2, 0.25) is 5.91 Å². The van der Waals surface area contributed by atoms with E-state index in [0.29, 0.717) is 12.8 Å². The topological polar surface area (TPSA) is 82.3 Å². The van der Waals surface area contributed by atoms with Crippen LogP contribution < -0.4 is 21.5 Å². The van der Waals surface area contributed by atoms with Gasteiger partial charge in [0, 0.05) is 12.1 Å². The van der Waals surface area contributed by atoms with Crippen LogP contribution in [0.3, 0.4) is 0 Å². The van der Waals surface area contributed by atoms with Gasteiger partial charge in [-0.05, 0) is 30.8 Å². The van der Waals surface area contributed by atoms with Crippen LogP contribution in [0, 0.1) is 0 Å². The van der Waals surface area contributed by atoms with Gasteiger partial charge in [0.15, 0.2) is 5.11 Å². The van der Waals surface area contributed by atoms with E-state index >= 15 is 0 Å². The Morgan fingerprint density at radius 3 is 2.63 bits per heavy atom. The van der Waals surface area contributed by atoms with Gasteiger partial charge in [-0.15, -0.1) is 0 Å². The number of hydrazine groups is 1. The molecule has 0 bridgehead atoms. The predicted molar refractivity (Wildman–Crippen MR) is 75.1 cm³/mol. The summed E-state index contributed by atoms with van der Waals surface area (Å²) >= 11 is 5.03. The number of benzene rings is 1. The molecule has 0 spiro atoms. The van der Waals surface area contributed by atoms with Crippen molar-refractivity contribution in [3.63, 3.8) is 0 Å². The number of hydrogen-bond donors (Lipinski definition) is 4. The van der Waals surface area contributed by atoms with Crippen molar-refractivity contribution < 1.29 is 9.59 Å². The average Bonchev–Trinajstić information content (AvgIpc) is 2.84. The second kappa shape index (κ2) is 6.14. The quantitative estimate of drug-likeness (QED) is 0.461. The lowest BCUT2D eigenvalue weighted by Crippen LogP contribution is -2.50. The summed E-state index contributed by atoms with van der Waals surface area (Å²) in [6, 6.07) is 8.86. The monoisotopic (exact) mass is 278 g/mol. The summed E-state index contributed by atoms with van der Waals surface area (Å²) in [5.41, 5.74) is 5.87. The zero-order valence-corrected chi connectivity index (χ0v) is 10.9. The second-order valence-electron chi connectivity index (χ2n) is 4.09. The van der Waals surface area contributed by atoms with Gasteiger partial charge in [-0.3, -0.25) is 20.4 Å². The van der Waals surface area contributed by atoms with Crippen LogP contribution in [0.1, 0.15) is 12.8 Å². The maximum atomic E-state index is 11.7. The first-order valence-corrected chi connectivity index (χ1v) is 6.27. The number of para-hydroxylation sites is 1. The number of anilines is 1. The Morgan fingerprint density at radius 1 is 1.26 bits per heavy atom. The van der Waals surface area contributed by atoms with Crippen LogP contribution in [0.25, 0.3) is 0 Å². The van der Waals surface area contributed by atoms with E-state index in [0.717, 1.165) is 5.69 Å². The average molecular weight is 278 g/mol. The molecule has 1 aliphatic rings. The van der Waals surface area contributed by atoms with Crippen LogP contribution >= 0.6 is 12.2 Å². The summed E-state index contributed by atoms with van der Waals surface area (Å²) in [6.45, 7) is 0. The third-order valence-electron chi connectivity index (χ3n) is 2.64. The van der Waals surface area contributed by atoms with E-state index in [9.17, 15) is 9.59 Å². The van der Waals surface area contributed by atoms with E-state index in [2.05, 4.69) is 21.5 Å². The fourth-order valence-electron chi connectivity index (χ4n) is 1.70. The van der Waals surface area contributed by atoms with Gasteiger partial charge in [0.1, 0.15) is 6.04 Å². The third-order valence-corrected chi connectivity index (χ3v) is 2.85. The number of thiocarbonyl (C=S) groups is 1. The van der Waals surface area contributed by atoms with E-state index in [1.165, 1.54) is 0 Å². The minimum atomic E-state index is -0.487. The van der Waals surface area contributed by atoms with E-state index in [-0.39, 0.29) is 16.9 Å². The molecule has 0 aliphatic carbocycles. The van der Waals surface area contributed by atoms with E-state index in [1.54, 1.807) is 0 Å². The summed E-state index contributed by atoms with van der Waals surface area (Å²) in [4.78, 5) is 22.7. The Labute approximate surface area is 115 Å². The molecule has 0 radical (unpaired) electrons. The molecule has 1 heterocycles. The van der Waals surface area contributed by atoms with Crippen molar-refractivity contribution >= 4 is 34.8 Å². The van der Waals surface area contributed by atoms with Gasteiger partial charge in [0.05, 0.1) is 0 Å². The first-order chi connectivity index (χ1) is 9.15. The number of carbonyl (C=O) groups excluding carboxylic acids is 2. The predicted octanol–water partition coefficient (Wildman–Crippen LogP) is 0.283. The highest BCUT2D eigenvalue weighted by atomic mass is 32.1. The molecule has 1 atom stereocenters. The Hall–Kier alpha value is -2.15. The molecule has 1 aliphatic heterocycles. The van der Waals surface area contributed by atoms with Crippen LogP contribution in [0.15, 0.2) is 30.3 Å². The molecule has 0 aromatic heterocycles. The lowest BCUT2D eigenvalue weighted by Gasteiger charge is -2.14. The first-order valence-electron chi connectivity index (χ1n) is 5.86. The molecule has 1 unspecified atom stereocenters. The highest BCUT2D eigenvalue weighted by Crippen LogP contribution is 2.06. The minimum absolute atomic E-state index is 0.106. The minimum Gasteiger partial charge on any atom is -0.344 e. The zero-order valence-electron chi connectivity index (χ0n) is 10.1. The lowest BCUT2D eigenvalue weighted by atomic mass is 10.2. The molecule has 4 N–H and O–H groups in total. The van der Waals surface area contributed by atoms with E-state index in [4.69, 9.17) is 12.2 Å². The van der Waals surface area contributed by atoms with Gasteiger partial charge in [-0.25, -0.2) is 0 Å². The van der Waals surface area contributed by atoms with E-state index in [1.807, 2.05) is 30.3 Å². The zero-order chi connectivity index (χ0) is 13.7. The molecule has 2 amide bonds. The molecular weight excluding hydrogens is 264 g/mol. The largest absolute Gasteiger partial charge is 0.344 e. The van der Waals surface area contributed by atoms with Crippen LogP contribution in [0.2, 0.25) is 0 Å². The van der Waals surface area contributed by atoms with Gasteiger partial charge < -0.3 is 10.6 Å². The number of amides is 2. The summed E-state index contributed by atoms with van der Waals surface area (Å²) in [5.74, 6) is -0.409. The van der Waals surface area contributed by atoms with Crippen molar-refractivity contribution in [3.8, 4) is 0 Å². The molecular formula is C12H14N4O2S. The molecule has 2 rings (SSSR count). The SMILES string of the molecule is O=C1CCC(C(=O)NNC(=S)Nc2ccccc2)N1. The van der Waals surface area contributed by atoms with Crippen molar-refractivity contribution in [2.45, 2.75) is 18.9 Å². The normalized spacial score (nSPS) is 17.5. The van der Waals surface area contributed by atoms with Gasteiger partial charge in [-0.1, -0.05) is 18.2 Å². The van der Waals surface area contributed by atoms with Crippen LogP contribution in [-0.4, -0.2) is 23.0 Å². The molecule has 19 heavy (non-hydrogen) atoms. The first kappa shape index (κ1) is 13.3. The number of carbonyl (C=O) groups is 2. The molecule has 0 saturated carbocycles. The maximum absolute atomic E-state index is 11.7. The maximum Gasteiger partial charge on any atom is 0.260 e. The summed E-state index contributed by atoms with van der Waals surface area (Å²) in [6.07, 6.45) is 0.885. The van der Waals surface area contributed by atoms with Gasteiger partial charge >= 0.3 is 0 Å². The highest BCUT2D eigenvalue weighted by molar-refractivity contribution is 7.80. The van der Waals surface area contributed by atoms with Crippen molar-refractivity contribution in [2.24, 2.45) is 0 Å². The second-order valence-corrected chi connectivity index (χ2v) is 4.50. The summed E-state index contributed by atoms with van der Waals surface area (Å²) < 4.78 is 0. The van der Waals surface area contributed by atoms with Gasteiger partial charge in [0.25, 0.3) is 5.91 Å². The number of hydrogen-bond acceptors (Lipinski definition) is 3. The smallest absolute Gasteiger partial charge is 0.260 e. The summed E-state index contributed by atoms with van der Waals surface area (Å²) in [5, 5.41) is 5.77. The lowest BCUT2D eigenvalue weighted by molar-refractivity contribution is -0.126. The van der Waals surface area contributed by atoms with Crippen molar-refractivity contribution in [3.05, 3.63) is 30.3 Å². The summed E-state index contributed by atoms with van der Waals surface area (Å²) in [7, 11) is 0.